The Balaban J connectivity index is 1.63. The fourth-order valence-electron chi connectivity index (χ4n) is 4.92. The second-order valence-electron chi connectivity index (χ2n) is 7.80. The van der Waals surface area contributed by atoms with Gasteiger partial charge in [-0.25, -0.2) is 0 Å². The fourth-order valence-corrected chi connectivity index (χ4v) is 4.92. The molecule has 0 spiro atoms. The molecule has 1 heterocycles. The summed E-state index contributed by atoms with van der Waals surface area (Å²) in [4.78, 5) is 24.8. The number of amides is 1. The third-order valence-corrected chi connectivity index (χ3v) is 6.15. The second-order valence-corrected chi connectivity index (χ2v) is 7.80. The molecule has 2 bridgehead atoms. The zero-order chi connectivity index (χ0) is 17.2. The Hall–Kier alpha value is -1.14. The van der Waals surface area contributed by atoms with E-state index in [4.69, 9.17) is 9.47 Å². The van der Waals surface area contributed by atoms with E-state index in [9.17, 15) is 9.59 Å². The summed E-state index contributed by atoms with van der Waals surface area (Å²) < 4.78 is 10.6. The van der Waals surface area contributed by atoms with E-state index in [1.807, 2.05) is 0 Å². The Labute approximate surface area is 144 Å². The number of carbonyl (C=O) groups is 2. The molecule has 2 N–H and O–H groups in total. The Kier molecular flexibility index (Phi) is 5.45. The number of esters is 1. The van der Waals surface area contributed by atoms with E-state index in [0.29, 0.717) is 25.0 Å². The van der Waals surface area contributed by atoms with Crippen molar-refractivity contribution in [3.63, 3.8) is 0 Å². The maximum atomic E-state index is 12.4. The van der Waals surface area contributed by atoms with Gasteiger partial charge in [-0.15, -0.1) is 0 Å². The standard InChI is InChI=1S/C18H30N2O4/c1-12(20-16(21)15-11-19-6-7-24-15)14-8-13-4-3-5-18(9-13,10-14)17(22)23-2/h12-15,19H,3-11H2,1-2H3,(H,20,21)/t12?,13?,14?,15-,18+/m1/s1. The van der Waals surface area contributed by atoms with Crippen molar-refractivity contribution in [3.8, 4) is 0 Å². The number of hydrogen-bond acceptors (Lipinski definition) is 5. The first kappa shape index (κ1) is 17.7. The van der Waals surface area contributed by atoms with Crippen LogP contribution in [0.5, 0.6) is 0 Å². The summed E-state index contributed by atoms with van der Waals surface area (Å²) in [5.74, 6) is 0.792. The summed E-state index contributed by atoms with van der Waals surface area (Å²) in [6.45, 7) is 4.00. The lowest BCUT2D eigenvalue weighted by molar-refractivity contribution is -0.160. The van der Waals surface area contributed by atoms with Gasteiger partial charge in [0.15, 0.2) is 0 Å². The van der Waals surface area contributed by atoms with E-state index in [-0.39, 0.29) is 23.3 Å². The van der Waals surface area contributed by atoms with Gasteiger partial charge < -0.3 is 20.1 Å². The van der Waals surface area contributed by atoms with Crippen LogP contribution in [-0.4, -0.2) is 50.8 Å². The highest BCUT2D eigenvalue weighted by Crippen LogP contribution is 2.52. The maximum absolute atomic E-state index is 12.4. The highest BCUT2D eigenvalue weighted by atomic mass is 16.5. The van der Waals surface area contributed by atoms with Gasteiger partial charge in [0.25, 0.3) is 5.91 Å². The van der Waals surface area contributed by atoms with Crippen LogP contribution in [0.1, 0.15) is 45.4 Å². The number of methoxy groups -OCH3 is 1. The lowest BCUT2D eigenvalue weighted by atomic mass is 9.58. The van der Waals surface area contributed by atoms with Gasteiger partial charge in [0.05, 0.1) is 19.1 Å². The molecule has 3 fully saturated rings. The monoisotopic (exact) mass is 338 g/mol. The molecule has 2 saturated carbocycles. The van der Waals surface area contributed by atoms with Gasteiger partial charge in [-0.1, -0.05) is 12.8 Å². The fraction of sp³-hybridized carbons (Fsp3) is 0.889. The van der Waals surface area contributed by atoms with Crippen LogP contribution in [-0.2, 0) is 19.1 Å². The molecular weight excluding hydrogens is 308 g/mol. The van der Waals surface area contributed by atoms with Crippen LogP contribution >= 0.6 is 0 Å². The van der Waals surface area contributed by atoms with E-state index in [2.05, 4.69) is 17.6 Å². The molecule has 3 unspecified atom stereocenters. The van der Waals surface area contributed by atoms with Crippen LogP contribution in [0, 0.1) is 17.3 Å². The predicted molar refractivity (Wildman–Crippen MR) is 89.3 cm³/mol. The molecule has 5 atom stereocenters. The normalized spacial score (nSPS) is 37.3. The van der Waals surface area contributed by atoms with Crippen molar-refractivity contribution >= 4 is 11.9 Å². The average molecular weight is 338 g/mol. The second kappa shape index (κ2) is 7.40. The Morgan fingerprint density at radius 2 is 2.21 bits per heavy atom. The number of rotatable bonds is 4. The summed E-state index contributed by atoms with van der Waals surface area (Å²) >= 11 is 0. The van der Waals surface area contributed by atoms with Crippen molar-refractivity contribution in [3.05, 3.63) is 0 Å². The van der Waals surface area contributed by atoms with E-state index in [1.54, 1.807) is 0 Å². The summed E-state index contributed by atoms with van der Waals surface area (Å²) in [6.07, 6.45) is 5.67. The van der Waals surface area contributed by atoms with Crippen LogP contribution in [0.4, 0.5) is 0 Å². The molecular formula is C18H30N2O4. The minimum atomic E-state index is -0.404. The maximum Gasteiger partial charge on any atom is 0.311 e. The molecule has 3 aliphatic rings. The number of ether oxygens (including phenoxy) is 2. The Bertz CT molecular complexity index is 478. The van der Waals surface area contributed by atoms with Crippen molar-refractivity contribution in [2.24, 2.45) is 17.3 Å². The van der Waals surface area contributed by atoms with Gasteiger partial charge >= 0.3 is 5.97 Å². The number of carbonyl (C=O) groups excluding carboxylic acids is 2. The number of nitrogens with one attached hydrogen (secondary N) is 2. The third-order valence-electron chi connectivity index (χ3n) is 6.15. The first-order valence-electron chi connectivity index (χ1n) is 9.25. The van der Waals surface area contributed by atoms with Gasteiger partial charge in [0, 0.05) is 19.1 Å². The topological polar surface area (TPSA) is 76.7 Å². The molecule has 3 rings (SSSR count). The SMILES string of the molecule is COC(=O)[C@]12CCCC(CC(C(C)NC(=O)[C@H]3CNCCO3)C1)C2. The molecule has 0 aromatic heterocycles. The van der Waals surface area contributed by atoms with Crippen molar-refractivity contribution in [1.82, 2.24) is 10.6 Å². The largest absolute Gasteiger partial charge is 0.469 e. The van der Waals surface area contributed by atoms with Crippen LogP contribution in [0.15, 0.2) is 0 Å². The van der Waals surface area contributed by atoms with E-state index in [0.717, 1.165) is 38.6 Å². The summed E-state index contributed by atoms with van der Waals surface area (Å²) in [5, 5.41) is 6.31. The zero-order valence-corrected chi connectivity index (χ0v) is 14.8. The molecule has 6 nitrogen and oxygen atoms in total. The first-order chi connectivity index (χ1) is 11.5. The molecule has 2 aliphatic carbocycles. The van der Waals surface area contributed by atoms with Gasteiger partial charge in [-0.05, 0) is 44.4 Å². The van der Waals surface area contributed by atoms with E-state index < -0.39 is 6.10 Å². The minimum Gasteiger partial charge on any atom is -0.469 e. The first-order valence-corrected chi connectivity index (χ1v) is 9.25. The summed E-state index contributed by atoms with van der Waals surface area (Å²) in [5.41, 5.74) is -0.331. The molecule has 24 heavy (non-hydrogen) atoms. The van der Waals surface area contributed by atoms with Crippen molar-refractivity contribution in [1.29, 1.82) is 0 Å². The van der Waals surface area contributed by atoms with Gasteiger partial charge in [0.1, 0.15) is 6.10 Å². The summed E-state index contributed by atoms with van der Waals surface area (Å²) in [6, 6.07) is 0.0490. The van der Waals surface area contributed by atoms with Crippen LogP contribution in [0.25, 0.3) is 0 Å². The molecule has 1 saturated heterocycles. The quantitative estimate of drug-likeness (QED) is 0.754. The number of hydrogen-bond donors (Lipinski definition) is 2. The van der Waals surface area contributed by atoms with Crippen molar-refractivity contribution in [2.45, 2.75) is 57.6 Å². The van der Waals surface area contributed by atoms with Crippen LogP contribution in [0.3, 0.4) is 0 Å². The molecule has 6 heteroatoms. The molecule has 136 valence electrons. The van der Waals surface area contributed by atoms with Gasteiger partial charge in [-0.3, -0.25) is 9.59 Å². The van der Waals surface area contributed by atoms with E-state index >= 15 is 0 Å². The number of morpholine rings is 1. The zero-order valence-electron chi connectivity index (χ0n) is 14.8. The Morgan fingerprint density at radius 3 is 2.92 bits per heavy atom. The highest BCUT2D eigenvalue weighted by molar-refractivity contribution is 5.81. The molecule has 1 aliphatic heterocycles. The van der Waals surface area contributed by atoms with Crippen LogP contribution in [0.2, 0.25) is 0 Å². The third kappa shape index (κ3) is 3.59. The summed E-state index contributed by atoms with van der Waals surface area (Å²) in [7, 11) is 1.49. The van der Waals surface area contributed by atoms with Gasteiger partial charge in [-0.2, -0.15) is 0 Å². The highest BCUT2D eigenvalue weighted by Gasteiger charge is 2.50. The molecule has 0 aromatic rings. The van der Waals surface area contributed by atoms with Crippen molar-refractivity contribution < 1.29 is 19.1 Å². The average Bonchev–Trinajstić information content (AvgIpc) is 2.61. The van der Waals surface area contributed by atoms with Gasteiger partial charge in [0.2, 0.25) is 0 Å². The molecule has 1 amide bonds. The smallest absolute Gasteiger partial charge is 0.311 e. The van der Waals surface area contributed by atoms with Crippen molar-refractivity contribution in [2.75, 3.05) is 26.8 Å². The molecule has 0 aromatic carbocycles. The minimum absolute atomic E-state index is 0.0439. The Morgan fingerprint density at radius 1 is 1.38 bits per heavy atom. The number of fused-ring (bicyclic) bond motifs is 2. The predicted octanol–water partition coefficient (Wildman–Crippen LogP) is 1.24. The van der Waals surface area contributed by atoms with Crippen LogP contribution < -0.4 is 10.6 Å². The van der Waals surface area contributed by atoms with E-state index in [1.165, 1.54) is 13.5 Å². The molecule has 0 radical (unpaired) electrons. The lowest BCUT2D eigenvalue weighted by Gasteiger charge is -2.47. The lowest BCUT2D eigenvalue weighted by Crippen LogP contribution is -2.53.